The highest BCUT2D eigenvalue weighted by Gasteiger charge is 2.06. The van der Waals surface area contributed by atoms with Crippen molar-refractivity contribution in [2.75, 3.05) is 6.54 Å². The number of benzene rings is 1. The molecule has 0 fully saturated rings. The summed E-state index contributed by atoms with van der Waals surface area (Å²) in [5.74, 6) is 0. The highest BCUT2D eigenvalue weighted by atomic mass is 79.9. The molecular formula is C13H12BrClN2S. The van der Waals surface area contributed by atoms with Crippen molar-refractivity contribution in [3.05, 3.63) is 51.6 Å². The standard InChI is InChI=1S/C13H12BrClN2S/c14-10-2-4-13(17-8-10)18-12-7-11(15)3-1-9(12)5-6-16/h1-4,7-8H,5-6,16H2. The first kappa shape index (κ1) is 13.9. The van der Waals surface area contributed by atoms with E-state index < -0.39 is 0 Å². The van der Waals surface area contributed by atoms with Crippen LogP contribution in [0.3, 0.4) is 0 Å². The van der Waals surface area contributed by atoms with Gasteiger partial charge in [-0.2, -0.15) is 0 Å². The van der Waals surface area contributed by atoms with Crippen LogP contribution in [0.4, 0.5) is 0 Å². The Morgan fingerprint density at radius 2 is 2.11 bits per heavy atom. The molecule has 0 aliphatic heterocycles. The molecule has 2 N–H and O–H groups in total. The van der Waals surface area contributed by atoms with E-state index in [4.69, 9.17) is 17.3 Å². The summed E-state index contributed by atoms with van der Waals surface area (Å²) in [7, 11) is 0. The SMILES string of the molecule is NCCc1ccc(Cl)cc1Sc1ccc(Br)cn1. The van der Waals surface area contributed by atoms with Crippen molar-refractivity contribution in [2.24, 2.45) is 5.73 Å². The van der Waals surface area contributed by atoms with Crippen LogP contribution in [0.2, 0.25) is 5.02 Å². The van der Waals surface area contributed by atoms with Crippen LogP contribution in [-0.2, 0) is 6.42 Å². The molecule has 5 heteroatoms. The fourth-order valence-electron chi connectivity index (χ4n) is 1.52. The zero-order chi connectivity index (χ0) is 13.0. The van der Waals surface area contributed by atoms with Crippen molar-refractivity contribution in [3.8, 4) is 0 Å². The zero-order valence-electron chi connectivity index (χ0n) is 9.57. The molecule has 18 heavy (non-hydrogen) atoms. The van der Waals surface area contributed by atoms with Gasteiger partial charge >= 0.3 is 0 Å². The molecule has 0 bridgehead atoms. The van der Waals surface area contributed by atoms with Crippen LogP contribution in [0, 0.1) is 0 Å². The Morgan fingerprint density at radius 1 is 1.28 bits per heavy atom. The summed E-state index contributed by atoms with van der Waals surface area (Å²) in [5, 5.41) is 1.68. The van der Waals surface area contributed by atoms with Crippen molar-refractivity contribution >= 4 is 39.3 Å². The summed E-state index contributed by atoms with van der Waals surface area (Å²) in [4.78, 5) is 5.46. The van der Waals surface area contributed by atoms with Crippen LogP contribution < -0.4 is 5.73 Å². The smallest absolute Gasteiger partial charge is 0.101 e. The van der Waals surface area contributed by atoms with E-state index in [-0.39, 0.29) is 0 Å². The molecule has 0 spiro atoms. The Kier molecular flexibility index (Phi) is 5.06. The predicted molar refractivity (Wildman–Crippen MR) is 80.3 cm³/mol. The average molecular weight is 344 g/mol. The summed E-state index contributed by atoms with van der Waals surface area (Å²) in [5.41, 5.74) is 6.82. The van der Waals surface area contributed by atoms with Crippen LogP contribution in [-0.4, -0.2) is 11.5 Å². The van der Waals surface area contributed by atoms with Gasteiger partial charge in [-0.15, -0.1) is 0 Å². The molecule has 1 aromatic heterocycles. The van der Waals surface area contributed by atoms with Gasteiger partial charge in [-0.25, -0.2) is 4.98 Å². The quantitative estimate of drug-likeness (QED) is 0.906. The largest absolute Gasteiger partial charge is 0.330 e. The Hall–Kier alpha value is -0.550. The highest BCUT2D eigenvalue weighted by molar-refractivity contribution is 9.10. The average Bonchev–Trinajstić information content (AvgIpc) is 2.36. The lowest BCUT2D eigenvalue weighted by Gasteiger charge is -2.08. The van der Waals surface area contributed by atoms with E-state index in [1.165, 1.54) is 5.56 Å². The first-order valence-electron chi connectivity index (χ1n) is 5.47. The normalized spacial score (nSPS) is 10.6. The maximum absolute atomic E-state index is 6.04. The molecule has 0 saturated carbocycles. The minimum atomic E-state index is 0.628. The molecule has 0 aliphatic carbocycles. The van der Waals surface area contributed by atoms with Gasteiger partial charge in [-0.05, 0) is 58.7 Å². The van der Waals surface area contributed by atoms with Gasteiger partial charge in [0.15, 0.2) is 0 Å². The monoisotopic (exact) mass is 342 g/mol. The molecule has 0 aliphatic rings. The minimum absolute atomic E-state index is 0.628. The van der Waals surface area contributed by atoms with Crippen LogP contribution >= 0.6 is 39.3 Å². The number of rotatable bonds is 4. The number of aromatic nitrogens is 1. The third-order valence-corrected chi connectivity index (χ3v) is 4.11. The second-order valence-corrected chi connectivity index (χ2v) is 6.12. The van der Waals surface area contributed by atoms with E-state index in [0.29, 0.717) is 6.54 Å². The Morgan fingerprint density at radius 3 is 2.78 bits per heavy atom. The number of halogens is 2. The lowest BCUT2D eigenvalue weighted by molar-refractivity contribution is 0.943. The Bertz CT molecular complexity index is 531. The molecule has 2 rings (SSSR count). The van der Waals surface area contributed by atoms with Gasteiger partial charge in [0.1, 0.15) is 5.03 Å². The van der Waals surface area contributed by atoms with E-state index in [1.54, 1.807) is 18.0 Å². The van der Waals surface area contributed by atoms with E-state index in [9.17, 15) is 0 Å². The first-order chi connectivity index (χ1) is 8.69. The van der Waals surface area contributed by atoms with Crippen molar-refractivity contribution in [2.45, 2.75) is 16.3 Å². The van der Waals surface area contributed by atoms with E-state index in [0.717, 1.165) is 25.8 Å². The van der Waals surface area contributed by atoms with Crippen LogP contribution in [0.15, 0.2) is 50.9 Å². The van der Waals surface area contributed by atoms with Crippen molar-refractivity contribution in [3.63, 3.8) is 0 Å². The highest BCUT2D eigenvalue weighted by Crippen LogP contribution is 2.31. The number of hydrogen-bond donors (Lipinski definition) is 1. The van der Waals surface area contributed by atoms with Gasteiger partial charge < -0.3 is 5.73 Å². The van der Waals surface area contributed by atoms with Crippen LogP contribution in [0.1, 0.15) is 5.56 Å². The lowest BCUT2D eigenvalue weighted by atomic mass is 10.1. The van der Waals surface area contributed by atoms with Gasteiger partial charge in [0.05, 0.1) is 0 Å². The van der Waals surface area contributed by atoms with E-state index in [2.05, 4.69) is 20.9 Å². The van der Waals surface area contributed by atoms with Crippen LogP contribution in [0.5, 0.6) is 0 Å². The third kappa shape index (κ3) is 3.72. The number of hydrogen-bond acceptors (Lipinski definition) is 3. The van der Waals surface area contributed by atoms with Gasteiger partial charge in [0, 0.05) is 20.6 Å². The van der Waals surface area contributed by atoms with E-state index >= 15 is 0 Å². The molecule has 0 atom stereocenters. The Labute approximate surface area is 124 Å². The fourth-order valence-corrected chi connectivity index (χ4v) is 2.95. The molecule has 1 aromatic carbocycles. The summed E-state index contributed by atoms with van der Waals surface area (Å²) in [6.45, 7) is 0.628. The lowest BCUT2D eigenvalue weighted by Crippen LogP contribution is -2.03. The van der Waals surface area contributed by atoms with Gasteiger partial charge in [0.2, 0.25) is 0 Å². The minimum Gasteiger partial charge on any atom is -0.330 e. The first-order valence-corrected chi connectivity index (χ1v) is 7.45. The molecule has 0 saturated heterocycles. The summed E-state index contributed by atoms with van der Waals surface area (Å²) >= 11 is 11.0. The maximum Gasteiger partial charge on any atom is 0.101 e. The summed E-state index contributed by atoms with van der Waals surface area (Å²) < 4.78 is 0.972. The predicted octanol–water partition coefficient (Wildman–Crippen LogP) is 4.15. The van der Waals surface area contributed by atoms with Gasteiger partial charge in [0.25, 0.3) is 0 Å². The number of pyridine rings is 1. The summed E-state index contributed by atoms with van der Waals surface area (Å²) in [6, 6.07) is 9.83. The van der Waals surface area contributed by atoms with E-state index in [1.807, 2.05) is 30.3 Å². The topological polar surface area (TPSA) is 38.9 Å². The second kappa shape index (κ2) is 6.57. The molecule has 0 unspecified atom stereocenters. The van der Waals surface area contributed by atoms with Crippen LogP contribution in [0.25, 0.3) is 0 Å². The van der Waals surface area contributed by atoms with Crippen molar-refractivity contribution in [1.29, 1.82) is 0 Å². The molecule has 1 heterocycles. The second-order valence-electron chi connectivity index (χ2n) is 3.71. The molecular weight excluding hydrogens is 332 g/mol. The maximum atomic E-state index is 6.04. The van der Waals surface area contributed by atoms with Crippen molar-refractivity contribution in [1.82, 2.24) is 4.98 Å². The number of nitrogens with zero attached hydrogens (tertiary/aromatic N) is 1. The third-order valence-electron chi connectivity index (χ3n) is 2.36. The molecule has 0 amide bonds. The van der Waals surface area contributed by atoms with Crippen molar-refractivity contribution < 1.29 is 0 Å². The number of nitrogens with two attached hydrogens (primary N) is 1. The molecule has 2 aromatic rings. The fraction of sp³-hybridized carbons (Fsp3) is 0.154. The zero-order valence-corrected chi connectivity index (χ0v) is 12.7. The molecule has 94 valence electrons. The molecule has 2 nitrogen and oxygen atoms in total. The summed E-state index contributed by atoms with van der Waals surface area (Å²) in [6.07, 6.45) is 2.63. The van der Waals surface area contributed by atoms with Gasteiger partial charge in [-0.3, -0.25) is 0 Å². The van der Waals surface area contributed by atoms with Gasteiger partial charge in [-0.1, -0.05) is 29.4 Å². The Balaban J connectivity index is 2.26. The molecule has 0 radical (unpaired) electrons.